The van der Waals surface area contributed by atoms with Crippen LogP contribution in [0.2, 0.25) is 0 Å². The molecule has 1 saturated heterocycles. The highest BCUT2D eigenvalue weighted by atomic mass is 19.4. The number of pyridine rings is 1. The summed E-state index contributed by atoms with van der Waals surface area (Å²) in [4.78, 5) is 6.08. The number of rotatable bonds is 2. The van der Waals surface area contributed by atoms with Crippen LogP contribution in [-0.2, 0) is 10.9 Å². The van der Waals surface area contributed by atoms with E-state index in [2.05, 4.69) is 4.98 Å². The molecule has 1 atom stereocenters. The van der Waals surface area contributed by atoms with Crippen molar-refractivity contribution in [2.24, 2.45) is 0 Å². The first kappa shape index (κ1) is 16.3. The van der Waals surface area contributed by atoms with Crippen LogP contribution in [0.15, 0.2) is 42.6 Å². The Balaban J connectivity index is 1.74. The van der Waals surface area contributed by atoms with E-state index in [0.29, 0.717) is 31.0 Å². The Kier molecular flexibility index (Phi) is 4.40. The Hall–Kier alpha value is -2.59. The normalized spacial score (nSPS) is 18.2. The maximum absolute atomic E-state index is 12.6. The summed E-state index contributed by atoms with van der Waals surface area (Å²) in [6.07, 6.45) is -3.03. The quantitative estimate of drug-likeness (QED) is 0.843. The zero-order chi connectivity index (χ0) is 17.2. The molecule has 0 saturated carbocycles. The summed E-state index contributed by atoms with van der Waals surface area (Å²) in [5.74, 6) is 0. The van der Waals surface area contributed by atoms with Gasteiger partial charge >= 0.3 is 6.18 Å². The highest BCUT2D eigenvalue weighted by Crippen LogP contribution is 2.31. The second-order valence-corrected chi connectivity index (χ2v) is 5.44. The fourth-order valence-corrected chi connectivity index (χ4v) is 2.61. The van der Waals surface area contributed by atoms with E-state index in [4.69, 9.17) is 10.00 Å². The van der Waals surface area contributed by atoms with Gasteiger partial charge in [-0.15, -0.1) is 0 Å². The zero-order valence-corrected chi connectivity index (χ0v) is 12.6. The number of morpholine rings is 1. The summed E-state index contributed by atoms with van der Waals surface area (Å²) in [7, 11) is 0. The van der Waals surface area contributed by atoms with E-state index in [0.717, 1.165) is 17.8 Å². The van der Waals surface area contributed by atoms with Crippen LogP contribution >= 0.6 is 0 Å². The zero-order valence-electron chi connectivity index (χ0n) is 12.6. The number of ether oxygens (including phenoxy) is 1. The van der Waals surface area contributed by atoms with Crippen LogP contribution in [0.3, 0.4) is 0 Å². The number of nitrogens with zero attached hydrogens (tertiary/aromatic N) is 3. The Bertz CT molecular complexity index is 736. The predicted octanol–water partition coefficient (Wildman–Crippen LogP) is 3.55. The lowest BCUT2D eigenvalue weighted by molar-refractivity contribution is -0.137. The second-order valence-electron chi connectivity index (χ2n) is 5.44. The highest BCUT2D eigenvalue weighted by molar-refractivity contribution is 5.46. The predicted molar refractivity (Wildman–Crippen MR) is 81.3 cm³/mol. The number of hydrogen-bond donors (Lipinski definition) is 0. The van der Waals surface area contributed by atoms with E-state index in [1.54, 1.807) is 18.3 Å². The fraction of sp³-hybridized carbons (Fsp3) is 0.294. The van der Waals surface area contributed by atoms with Gasteiger partial charge in [0, 0.05) is 13.1 Å². The lowest BCUT2D eigenvalue weighted by Gasteiger charge is -2.34. The second kappa shape index (κ2) is 6.49. The first-order valence-electron chi connectivity index (χ1n) is 7.37. The third-order valence-electron chi connectivity index (χ3n) is 3.90. The minimum atomic E-state index is -4.34. The molecule has 0 bridgehead atoms. The van der Waals surface area contributed by atoms with Crippen molar-refractivity contribution in [3.8, 4) is 6.07 Å². The van der Waals surface area contributed by atoms with Gasteiger partial charge in [-0.1, -0.05) is 12.1 Å². The van der Waals surface area contributed by atoms with Gasteiger partial charge in [0.2, 0.25) is 0 Å². The van der Waals surface area contributed by atoms with Crippen molar-refractivity contribution in [2.75, 3.05) is 24.6 Å². The van der Waals surface area contributed by atoms with Crippen molar-refractivity contribution in [1.82, 2.24) is 4.98 Å². The molecule has 0 aliphatic carbocycles. The van der Waals surface area contributed by atoms with Crippen LogP contribution in [0.4, 0.5) is 18.9 Å². The molecule has 1 aliphatic heterocycles. The maximum Gasteiger partial charge on any atom is 0.416 e. The first-order chi connectivity index (χ1) is 11.5. The number of aromatic nitrogens is 1. The molecule has 24 heavy (non-hydrogen) atoms. The molecule has 1 aromatic heterocycles. The SMILES string of the molecule is N#Cc1ccc(N2CCOC(c3ccc(C(F)(F)F)cc3)C2)cn1. The summed E-state index contributed by atoms with van der Waals surface area (Å²) in [5.41, 5.74) is 1.23. The highest BCUT2D eigenvalue weighted by Gasteiger charge is 2.30. The molecule has 1 unspecified atom stereocenters. The third-order valence-corrected chi connectivity index (χ3v) is 3.90. The van der Waals surface area contributed by atoms with Gasteiger partial charge in [0.25, 0.3) is 0 Å². The summed E-state index contributed by atoms with van der Waals surface area (Å²) >= 11 is 0. The number of nitriles is 1. The number of halogens is 3. The van der Waals surface area contributed by atoms with Crippen LogP contribution in [-0.4, -0.2) is 24.7 Å². The molecule has 3 rings (SSSR count). The van der Waals surface area contributed by atoms with Crippen LogP contribution in [0.1, 0.15) is 22.9 Å². The van der Waals surface area contributed by atoms with E-state index >= 15 is 0 Å². The lowest BCUT2D eigenvalue weighted by atomic mass is 10.0. The van der Waals surface area contributed by atoms with E-state index in [1.165, 1.54) is 12.1 Å². The van der Waals surface area contributed by atoms with Crippen molar-refractivity contribution >= 4 is 5.69 Å². The number of alkyl halides is 3. The van der Waals surface area contributed by atoms with Crippen molar-refractivity contribution < 1.29 is 17.9 Å². The molecule has 7 heteroatoms. The Morgan fingerprint density at radius 2 is 1.92 bits per heavy atom. The molecule has 2 aromatic rings. The standard InChI is InChI=1S/C17H14F3N3O/c18-17(19,20)13-3-1-12(2-4-13)16-11-23(7-8-24-16)15-6-5-14(9-21)22-10-15/h1-6,10,16H,7-8,11H2. The van der Waals surface area contributed by atoms with Crippen LogP contribution < -0.4 is 4.90 Å². The average molecular weight is 333 g/mol. The molecule has 1 fully saturated rings. The summed E-state index contributed by atoms with van der Waals surface area (Å²) in [6.45, 7) is 1.63. The van der Waals surface area contributed by atoms with Gasteiger partial charge in [0.1, 0.15) is 17.9 Å². The molecule has 0 spiro atoms. The van der Waals surface area contributed by atoms with Gasteiger partial charge in [0.15, 0.2) is 0 Å². The smallest absolute Gasteiger partial charge is 0.370 e. The van der Waals surface area contributed by atoms with E-state index < -0.39 is 11.7 Å². The van der Waals surface area contributed by atoms with Gasteiger partial charge in [-0.25, -0.2) is 4.98 Å². The maximum atomic E-state index is 12.6. The van der Waals surface area contributed by atoms with Gasteiger partial charge in [0.05, 0.1) is 24.1 Å². The summed E-state index contributed by atoms with van der Waals surface area (Å²) < 4.78 is 43.6. The van der Waals surface area contributed by atoms with Crippen LogP contribution in [0.5, 0.6) is 0 Å². The van der Waals surface area contributed by atoms with Crippen molar-refractivity contribution in [3.63, 3.8) is 0 Å². The van der Waals surface area contributed by atoms with Crippen LogP contribution in [0, 0.1) is 11.3 Å². The minimum Gasteiger partial charge on any atom is -0.370 e. The van der Waals surface area contributed by atoms with Crippen molar-refractivity contribution in [3.05, 3.63) is 59.4 Å². The Morgan fingerprint density at radius 3 is 2.50 bits per heavy atom. The molecule has 0 radical (unpaired) electrons. The number of hydrogen-bond acceptors (Lipinski definition) is 4. The minimum absolute atomic E-state index is 0.309. The van der Waals surface area contributed by atoms with Gasteiger partial charge < -0.3 is 9.64 Å². The third kappa shape index (κ3) is 3.49. The van der Waals surface area contributed by atoms with E-state index in [-0.39, 0.29) is 6.10 Å². The largest absolute Gasteiger partial charge is 0.416 e. The van der Waals surface area contributed by atoms with Crippen molar-refractivity contribution in [1.29, 1.82) is 5.26 Å². The molecule has 124 valence electrons. The molecule has 0 amide bonds. The summed E-state index contributed by atoms with van der Waals surface area (Å²) in [6, 6.07) is 10.5. The lowest BCUT2D eigenvalue weighted by Crippen LogP contribution is -2.38. The molecule has 2 heterocycles. The molecule has 1 aromatic carbocycles. The summed E-state index contributed by atoms with van der Waals surface area (Å²) in [5, 5.41) is 8.78. The van der Waals surface area contributed by atoms with E-state index in [9.17, 15) is 13.2 Å². The molecular weight excluding hydrogens is 319 g/mol. The molecular formula is C17H14F3N3O. The first-order valence-corrected chi connectivity index (χ1v) is 7.37. The van der Waals surface area contributed by atoms with Crippen LogP contribution in [0.25, 0.3) is 0 Å². The van der Waals surface area contributed by atoms with Gasteiger partial charge in [-0.2, -0.15) is 18.4 Å². The molecule has 1 aliphatic rings. The Labute approximate surface area is 137 Å². The van der Waals surface area contributed by atoms with Crippen molar-refractivity contribution in [2.45, 2.75) is 12.3 Å². The monoisotopic (exact) mass is 333 g/mol. The Morgan fingerprint density at radius 1 is 1.17 bits per heavy atom. The molecule has 0 N–H and O–H groups in total. The molecule has 4 nitrogen and oxygen atoms in total. The topological polar surface area (TPSA) is 49.2 Å². The van der Waals surface area contributed by atoms with Gasteiger partial charge in [-0.3, -0.25) is 0 Å². The van der Waals surface area contributed by atoms with E-state index in [1.807, 2.05) is 11.0 Å². The fourth-order valence-electron chi connectivity index (χ4n) is 2.61. The average Bonchev–Trinajstić information content (AvgIpc) is 2.61. The number of anilines is 1. The van der Waals surface area contributed by atoms with Gasteiger partial charge in [-0.05, 0) is 29.8 Å². The number of benzene rings is 1.